The summed E-state index contributed by atoms with van der Waals surface area (Å²) in [6.07, 6.45) is 0. The molecule has 0 radical (unpaired) electrons. The van der Waals surface area contributed by atoms with Crippen LogP contribution < -0.4 is 10.5 Å². The number of carboxylic acid groups (broad SMARTS) is 1. The zero-order valence-corrected chi connectivity index (χ0v) is 10.3. The number of ether oxygens (including phenoxy) is 1. The topological polar surface area (TPSA) is 92.8 Å². The lowest BCUT2D eigenvalue weighted by molar-refractivity contribution is -0.138. The summed E-state index contributed by atoms with van der Waals surface area (Å²) in [5, 5.41) is 19.3. The number of hydrogen-bond acceptors (Lipinski definition) is 4. The van der Waals surface area contributed by atoms with Crippen LogP contribution in [0.3, 0.4) is 0 Å². The number of aliphatic carboxylic acids is 1. The third-order valence-electron chi connectivity index (χ3n) is 2.61. The van der Waals surface area contributed by atoms with Crippen molar-refractivity contribution in [2.75, 3.05) is 13.7 Å². The van der Waals surface area contributed by atoms with Gasteiger partial charge in [-0.1, -0.05) is 11.6 Å². The number of nitrogens with two attached hydrogens (primary N) is 1. The van der Waals surface area contributed by atoms with Crippen LogP contribution in [0, 0.1) is 6.92 Å². The molecule has 94 valence electrons. The Kier molecular flexibility index (Phi) is 4.20. The van der Waals surface area contributed by atoms with Crippen molar-refractivity contribution in [3.63, 3.8) is 0 Å². The van der Waals surface area contributed by atoms with Crippen LogP contribution in [0.2, 0.25) is 5.02 Å². The lowest BCUT2D eigenvalue weighted by Crippen LogP contribution is -2.22. The molecule has 1 aromatic carbocycles. The largest absolute Gasteiger partial charge is 0.504 e. The van der Waals surface area contributed by atoms with E-state index >= 15 is 0 Å². The molecule has 17 heavy (non-hydrogen) atoms. The van der Waals surface area contributed by atoms with Crippen molar-refractivity contribution in [1.29, 1.82) is 0 Å². The number of carbonyl (C=O) groups is 1. The van der Waals surface area contributed by atoms with Crippen molar-refractivity contribution in [1.82, 2.24) is 0 Å². The molecule has 0 bridgehead atoms. The lowest BCUT2D eigenvalue weighted by atomic mass is 9.93. The van der Waals surface area contributed by atoms with E-state index in [1.165, 1.54) is 13.2 Å². The molecule has 4 N–H and O–H groups in total. The summed E-state index contributed by atoms with van der Waals surface area (Å²) in [5.74, 6) is -2.22. The van der Waals surface area contributed by atoms with Gasteiger partial charge >= 0.3 is 5.97 Å². The molecule has 1 aromatic rings. The Bertz CT molecular complexity index is 448. The summed E-state index contributed by atoms with van der Waals surface area (Å²) in [6, 6.07) is 1.44. The highest BCUT2D eigenvalue weighted by Gasteiger charge is 2.26. The summed E-state index contributed by atoms with van der Waals surface area (Å²) in [6.45, 7) is 1.50. The fourth-order valence-corrected chi connectivity index (χ4v) is 1.86. The van der Waals surface area contributed by atoms with Crippen molar-refractivity contribution < 1.29 is 19.7 Å². The Hall–Kier alpha value is -1.46. The van der Waals surface area contributed by atoms with E-state index in [1.54, 1.807) is 6.92 Å². The van der Waals surface area contributed by atoms with Crippen molar-refractivity contribution in [2.45, 2.75) is 12.8 Å². The number of rotatable bonds is 4. The van der Waals surface area contributed by atoms with E-state index in [0.29, 0.717) is 10.6 Å². The Morgan fingerprint density at radius 3 is 2.65 bits per heavy atom. The average molecular weight is 260 g/mol. The molecule has 0 aliphatic rings. The SMILES string of the molecule is COc1cc(Cl)c(C)c(C(CN)C(=O)O)c1O. The van der Waals surface area contributed by atoms with E-state index in [0.717, 1.165) is 0 Å². The molecule has 0 fully saturated rings. The molecule has 0 aliphatic carbocycles. The van der Waals surface area contributed by atoms with Crippen LogP contribution in [0.15, 0.2) is 6.07 Å². The van der Waals surface area contributed by atoms with Crippen molar-refractivity contribution in [3.8, 4) is 11.5 Å². The smallest absolute Gasteiger partial charge is 0.312 e. The number of methoxy groups -OCH3 is 1. The fraction of sp³-hybridized carbons (Fsp3) is 0.364. The molecule has 1 rings (SSSR count). The molecule has 0 heterocycles. The highest BCUT2D eigenvalue weighted by atomic mass is 35.5. The Morgan fingerprint density at radius 2 is 2.24 bits per heavy atom. The van der Waals surface area contributed by atoms with Crippen LogP contribution in [0.5, 0.6) is 11.5 Å². The molecule has 1 unspecified atom stereocenters. The number of aromatic hydroxyl groups is 1. The zero-order valence-electron chi connectivity index (χ0n) is 9.53. The van der Waals surface area contributed by atoms with Crippen molar-refractivity contribution in [3.05, 3.63) is 22.2 Å². The maximum Gasteiger partial charge on any atom is 0.312 e. The number of phenols is 1. The number of carboxylic acids is 1. The van der Waals surface area contributed by atoms with Gasteiger partial charge in [-0.05, 0) is 12.5 Å². The molecule has 1 atom stereocenters. The molecule has 0 amide bonds. The van der Waals surface area contributed by atoms with Gasteiger partial charge in [0.05, 0.1) is 13.0 Å². The van der Waals surface area contributed by atoms with Gasteiger partial charge < -0.3 is 20.7 Å². The zero-order chi connectivity index (χ0) is 13.2. The minimum Gasteiger partial charge on any atom is -0.504 e. The Morgan fingerprint density at radius 1 is 1.65 bits per heavy atom. The average Bonchev–Trinajstić information content (AvgIpc) is 2.28. The molecule has 0 aliphatic heterocycles. The maximum absolute atomic E-state index is 11.1. The monoisotopic (exact) mass is 259 g/mol. The second-order valence-corrected chi connectivity index (χ2v) is 3.98. The molecule has 0 saturated heterocycles. The van der Waals surface area contributed by atoms with Crippen molar-refractivity contribution >= 4 is 17.6 Å². The third-order valence-corrected chi connectivity index (χ3v) is 3.00. The highest BCUT2D eigenvalue weighted by molar-refractivity contribution is 6.31. The van der Waals surface area contributed by atoms with Crippen LogP contribution in [0.25, 0.3) is 0 Å². The molecule has 5 nitrogen and oxygen atoms in total. The van der Waals surface area contributed by atoms with E-state index in [1.807, 2.05) is 0 Å². The van der Waals surface area contributed by atoms with Gasteiger partial charge in [-0.15, -0.1) is 0 Å². The normalized spacial score (nSPS) is 12.2. The summed E-state index contributed by atoms with van der Waals surface area (Å²) in [5.41, 5.74) is 6.10. The number of benzene rings is 1. The van der Waals surface area contributed by atoms with Crippen LogP contribution >= 0.6 is 11.6 Å². The quantitative estimate of drug-likeness (QED) is 0.762. The molecule has 0 spiro atoms. The van der Waals surface area contributed by atoms with Crippen molar-refractivity contribution in [2.24, 2.45) is 5.73 Å². The first-order valence-electron chi connectivity index (χ1n) is 4.92. The molecule has 0 aromatic heterocycles. The van der Waals surface area contributed by atoms with E-state index in [9.17, 15) is 9.90 Å². The van der Waals surface area contributed by atoms with Gasteiger partial charge in [-0.2, -0.15) is 0 Å². The van der Waals surface area contributed by atoms with Crippen LogP contribution in [0.1, 0.15) is 17.0 Å². The van der Waals surface area contributed by atoms with E-state index in [-0.39, 0.29) is 23.6 Å². The van der Waals surface area contributed by atoms with Crippen LogP contribution in [-0.2, 0) is 4.79 Å². The number of phenolic OH excluding ortho intramolecular Hbond substituents is 1. The van der Waals surface area contributed by atoms with Crippen LogP contribution in [0.4, 0.5) is 0 Å². The van der Waals surface area contributed by atoms with E-state index < -0.39 is 11.9 Å². The number of halogens is 1. The van der Waals surface area contributed by atoms with Gasteiger partial charge in [0.1, 0.15) is 0 Å². The Labute approximate surface area is 104 Å². The summed E-state index contributed by atoms with van der Waals surface area (Å²) in [7, 11) is 1.36. The van der Waals surface area contributed by atoms with E-state index in [4.69, 9.17) is 27.2 Å². The Balaban J connectivity index is 3.49. The predicted molar refractivity (Wildman–Crippen MR) is 63.8 cm³/mol. The van der Waals surface area contributed by atoms with Gasteiger partial charge in [0, 0.05) is 23.2 Å². The standard InChI is InChI=1S/C11H14ClNO4/c1-5-7(12)3-8(17-2)10(14)9(5)6(4-13)11(15)16/h3,6,14H,4,13H2,1-2H3,(H,15,16). The van der Waals surface area contributed by atoms with Gasteiger partial charge in [0.25, 0.3) is 0 Å². The minimum absolute atomic E-state index is 0.132. The van der Waals surface area contributed by atoms with Gasteiger partial charge in [-0.25, -0.2) is 0 Å². The van der Waals surface area contributed by atoms with Gasteiger partial charge in [-0.3, -0.25) is 4.79 Å². The third kappa shape index (κ3) is 2.45. The van der Waals surface area contributed by atoms with Gasteiger partial charge in [0.15, 0.2) is 11.5 Å². The first-order valence-corrected chi connectivity index (χ1v) is 5.30. The fourth-order valence-electron chi connectivity index (χ4n) is 1.65. The number of hydrogen-bond donors (Lipinski definition) is 3. The molecular weight excluding hydrogens is 246 g/mol. The lowest BCUT2D eigenvalue weighted by Gasteiger charge is -2.18. The highest BCUT2D eigenvalue weighted by Crippen LogP contribution is 2.40. The summed E-state index contributed by atoms with van der Waals surface area (Å²) >= 11 is 5.95. The minimum atomic E-state index is -1.12. The predicted octanol–water partition coefficient (Wildman–Crippen LogP) is 1.49. The molecule has 6 heteroatoms. The maximum atomic E-state index is 11.1. The summed E-state index contributed by atoms with van der Waals surface area (Å²) < 4.78 is 4.93. The second-order valence-electron chi connectivity index (χ2n) is 3.57. The molecular formula is C11H14ClNO4. The van der Waals surface area contributed by atoms with E-state index in [2.05, 4.69) is 0 Å². The van der Waals surface area contributed by atoms with Gasteiger partial charge in [0.2, 0.25) is 0 Å². The first kappa shape index (κ1) is 13.6. The summed E-state index contributed by atoms with van der Waals surface area (Å²) in [4.78, 5) is 11.1. The second kappa shape index (κ2) is 5.25. The molecule has 0 saturated carbocycles. The van der Waals surface area contributed by atoms with Crippen LogP contribution in [-0.4, -0.2) is 29.8 Å². The first-order chi connectivity index (χ1) is 7.93.